The summed E-state index contributed by atoms with van der Waals surface area (Å²) in [5.41, 5.74) is 3.58. The third-order valence-electron chi connectivity index (χ3n) is 2.56. The van der Waals surface area contributed by atoms with E-state index < -0.39 is 0 Å². The lowest BCUT2D eigenvalue weighted by Crippen LogP contribution is -2.14. The van der Waals surface area contributed by atoms with E-state index in [-0.39, 0.29) is 12.6 Å². The summed E-state index contributed by atoms with van der Waals surface area (Å²) in [7, 11) is 0. The van der Waals surface area contributed by atoms with Crippen LogP contribution in [-0.2, 0) is 9.53 Å². The van der Waals surface area contributed by atoms with Gasteiger partial charge in [0.25, 0.3) is 0 Å². The molecular formula is C13H18O3. The molecule has 0 aliphatic heterocycles. The Morgan fingerprint density at radius 3 is 2.25 bits per heavy atom. The first kappa shape index (κ1) is 12.6. The van der Waals surface area contributed by atoms with Crippen LogP contribution in [0.25, 0.3) is 0 Å². The van der Waals surface area contributed by atoms with Crippen LogP contribution >= 0.6 is 0 Å². The molecule has 0 aliphatic rings. The Labute approximate surface area is 96.4 Å². The van der Waals surface area contributed by atoms with Gasteiger partial charge in [-0.2, -0.15) is 0 Å². The Bertz CT molecular complexity index is 360. The number of ether oxygens (including phenoxy) is 2. The molecule has 0 fully saturated rings. The van der Waals surface area contributed by atoms with Crippen molar-refractivity contribution >= 4 is 5.97 Å². The SMILES string of the molecule is CCOC(=O)COc1cc(C)c(C)c(C)c1. The Hall–Kier alpha value is -1.51. The van der Waals surface area contributed by atoms with E-state index in [0.717, 1.165) is 0 Å². The molecule has 1 aromatic carbocycles. The topological polar surface area (TPSA) is 35.5 Å². The first-order chi connectivity index (χ1) is 7.54. The van der Waals surface area contributed by atoms with Gasteiger partial charge in [0.2, 0.25) is 0 Å². The molecule has 0 saturated carbocycles. The number of hydrogen-bond donors (Lipinski definition) is 0. The molecule has 1 aromatic rings. The molecule has 0 saturated heterocycles. The minimum atomic E-state index is -0.335. The van der Waals surface area contributed by atoms with Gasteiger partial charge in [-0.15, -0.1) is 0 Å². The normalized spacial score (nSPS) is 10.0. The van der Waals surface area contributed by atoms with Crippen molar-refractivity contribution in [3.8, 4) is 5.75 Å². The van der Waals surface area contributed by atoms with Crippen LogP contribution < -0.4 is 4.74 Å². The molecule has 0 unspecified atom stereocenters. The average Bonchev–Trinajstić information content (AvgIpc) is 2.23. The fourth-order valence-electron chi connectivity index (χ4n) is 1.42. The second-order valence-electron chi connectivity index (χ2n) is 3.78. The summed E-state index contributed by atoms with van der Waals surface area (Å²) in [6.07, 6.45) is 0. The Balaban J connectivity index is 2.65. The molecule has 0 spiro atoms. The fourth-order valence-corrected chi connectivity index (χ4v) is 1.42. The highest BCUT2D eigenvalue weighted by molar-refractivity contribution is 5.71. The van der Waals surface area contributed by atoms with Crippen LogP contribution in [0.4, 0.5) is 0 Å². The lowest BCUT2D eigenvalue weighted by Gasteiger charge is -2.10. The van der Waals surface area contributed by atoms with Gasteiger partial charge in [0.15, 0.2) is 6.61 Å². The number of carbonyl (C=O) groups excluding carboxylic acids is 1. The van der Waals surface area contributed by atoms with Gasteiger partial charge in [-0.25, -0.2) is 4.79 Å². The van der Waals surface area contributed by atoms with E-state index >= 15 is 0 Å². The molecule has 0 radical (unpaired) electrons. The van der Waals surface area contributed by atoms with Crippen molar-refractivity contribution in [2.45, 2.75) is 27.7 Å². The van der Waals surface area contributed by atoms with Crippen molar-refractivity contribution in [1.82, 2.24) is 0 Å². The van der Waals surface area contributed by atoms with Crippen LogP contribution in [-0.4, -0.2) is 19.2 Å². The van der Waals surface area contributed by atoms with Crippen LogP contribution in [0.1, 0.15) is 23.6 Å². The van der Waals surface area contributed by atoms with Crippen LogP contribution in [0.15, 0.2) is 12.1 Å². The predicted octanol–water partition coefficient (Wildman–Crippen LogP) is 2.55. The van der Waals surface area contributed by atoms with Gasteiger partial charge in [-0.1, -0.05) is 0 Å². The van der Waals surface area contributed by atoms with Crippen molar-refractivity contribution in [3.63, 3.8) is 0 Å². The lowest BCUT2D eigenvalue weighted by molar-refractivity contribution is -0.145. The maximum Gasteiger partial charge on any atom is 0.344 e. The third kappa shape index (κ3) is 3.26. The summed E-state index contributed by atoms with van der Waals surface area (Å²) in [5.74, 6) is 0.382. The zero-order valence-corrected chi connectivity index (χ0v) is 10.3. The minimum absolute atomic E-state index is 0.0320. The van der Waals surface area contributed by atoms with Gasteiger partial charge in [0.05, 0.1) is 6.61 Å². The first-order valence-electron chi connectivity index (χ1n) is 5.41. The number of carbonyl (C=O) groups is 1. The lowest BCUT2D eigenvalue weighted by atomic mass is 10.0. The van der Waals surface area contributed by atoms with E-state index in [1.807, 2.05) is 26.0 Å². The van der Waals surface area contributed by atoms with Crippen LogP contribution in [0.5, 0.6) is 5.75 Å². The molecule has 0 atom stereocenters. The van der Waals surface area contributed by atoms with E-state index in [9.17, 15) is 4.79 Å². The molecule has 0 aliphatic carbocycles. The van der Waals surface area contributed by atoms with Crippen LogP contribution in [0, 0.1) is 20.8 Å². The van der Waals surface area contributed by atoms with E-state index in [1.54, 1.807) is 6.92 Å². The highest BCUT2D eigenvalue weighted by Crippen LogP contribution is 2.20. The smallest absolute Gasteiger partial charge is 0.344 e. The summed E-state index contributed by atoms with van der Waals surface area (Å²) in [5, 5.41) is 0. The quantitative estimate of drug-likeness (QED) is 0.734. The second kappa shape index (κ2) is 5.54. The van der Waals surface area contributed by atoms with Crippen molar-refractivity contribution in [2.24, 2.45) is 0 Å². The van der Waals surface area contributed by atoms with E-state index in [0.29, 0.717) is 12.4 Å². The minimum Gasteiger partial charge on any atom is -0.482 e. The zero-order valence-electron chi connectivity index (χ0n) is 10.3. The maximum absolute atomic E-state index is 11.1. The van der Waals surface area contributed by atoms with E-state index in [1.165, 1.54) is 16.7 Å². The standard InChI is InChI=1S/C13H18O3/c1-5-15-13(14)8-16-12-6-9(2)11(4)10(3)7-12/h6-7H,5,8H2,1-4H3. The molecule has 88 valence electrons. The van der Waals surface area contributed by atoms with Crippen molar-refractivity contribution in [2.75, 3.05) is 13.2 Å². The van der Waals surface area contributed by atoms with Gasteiger partial charge in [0.1, 0.15) is 5.75 Å². The third-order valence-corrected chi connectivity index (χ3v) is 2.56. The number of benzene rings is 1. The Kier molecular flexibility index (Phi) is 4.35. The van der Waals surface area contributed by atoms with Gasteiger partial charge < -0.3 is 9.47 Å². The van der Waals surface area contributed by atoms with Gasteiger partial charge in [-0.3, -0.25) is 0 Å². The van der Waals surface area contributed by atoms with Crippen LogP contribution in [0.2, 0.25) is 0 Å². The monoisotopic (exact) mass is 222 g/mol. The largest absolute Gasteiger partial charge is 0.482 e. The summed E-state index contributed by atoms with van der Waals surface area (Å²) in [6, 6.07) is 3.86. The van der Waals surface area contributed by atoms with Gasteiger partial charge in [0, 0.05) is 0 Å². The highest BCUT2D eigenvalue weighted by atomic mass is 16.6. The van der Waals surface area contributed by atoms with Crippen molar-refractivity contribution in [3.05, 3.63) is 28.8 Å². The molecule has 0 amide bonds. The molecule has 0 heterocycles. The molecule has 3 nitrogen and oxygen atoms in total. The molecule has 3 heteroatoms. The summed E-state index contributed by atoms with van der Waals surface area (Å²) in [4.78, 5) is 11.1. The number of hydrogen-bond acceptors (Lipinski definition) is 3. The van der Waals surface area contributed by atoms with E-state index in [4.69, 9.17) is 9.47 Å². The molecule has 0 N–H and O–H groups in total. The molecular weight excluding hydrogens is 204 g/mol. The zero-order chi connectivity index (χ0) is 12.1. The number of aryl methyl sites for hydroxylation is 2. The van der Waals surface area contributed by atoms with Crippen LogP contribution in [0.3, 0.4) is 0 Å². The molecule has 1 rings (SSSR count). The molecule has 16 heavy (non-hydrogen) atoms. The number of esters is 1. The first-order valence-corrected chi connectivity index (χ1v) is 5.41. The van der Waals surface area contributed by atoms with Gasteiger partial charge in [-0.05, 0) is 56.5 Å². The summed E-state index contributed by atoms with van der Waals surface area (Å²) >= 11 is 0. The Morgan fingerprint density at radius 1 is 1.19 bits per heavy atom. The fraction of sp³-hybridized carbons (Fsp3) is 0.462. The number of rotatable bonds is 4. The molecule has 0 aromatic heterocycles. The molecule has 0 bridgehead atoms. The predicted molar refractivity (Wildman–Crippen MR) is 62.8 cm³/mol. The van der Waals surface area contributed by atoms with Crippen molar-refractivity contribution < 1.29 is 14.3 Å². The van der Waals surface area contributed by atoms with Crippen molar-refractivity contribution in [1.29, 1.82) is 0 Å². The maximum atomic E-state index is 11.1. The average molecular weight is 222 g/mol. The summed E-state index contributed by atoms with van der Waals surface area (Å²) in [6.45, 7) is 8.25. The Morgan fingerprint density at radius 2 is 1.75 bits per heavy atom. The summed E-state index contributed by atoms with van der Waals surface area (Å²) < 4.78 is 10.1. The highest BCUT2D eigenvalue weighted by Gasteiger charge is 2.05. The van der Waals surface area contributed by atoms with Gasteiger partial charge >= 0.3 is 5.97 Å². The van der Waals surface area contributed by atoms with E-state index in [2.05, 4.69) is 6.92 Å². The second-order valence-corrected chi connectivity index (χ2v) is 3.78.